The number of H-pyrrole nitrogens is 1. The molecule has 1 aliphatic carbocycles. The lowest BCUT2D eigenvalue weighted by molar-refractivity contribution is 0.542. The van der Waals surface area contributed by atoms with Crippen LogP contribution in [0.4, 0.5) is 5.82 Å². The number of anilines is 1. The van der Waals surface area contributed by atoms with Gasteiger partial charge in [-0.3, -0.25) is 9.59 Å². The molecule has 0 unspecified atom stereocenters. The topological polar surface area (TPSA) is 79.2 Å². The summed E-state index contributed by atoms with van der Waals surface area (Å²) in [4.78, 5) is 33.5. The SMILES string of the molecule is Cc1cc(=O)c(=O)c2oc3nc(N4CCCC4)ccc3[nH]c1=2. The van der Waals surface area contributed by atoms with Crippen molar-refractivity contribution in [1.82, 2.24) is 9.97 Å². The van der Waals surface area contributed by atoms with E-state index in [0.29, 0.717) is 22.1 Å². The molecule has 1 fully saturated rings. The first-order chi connectivity index (χ1) is 10.6. The van der Waals surface area contributed by atoms with E-state index in [4.69, 9.17) is 4.42 Å². The number of aromatic nitrogens is 2. The van der Waals surface area contributed by atoms with Crippen LogP contribution in [0, 0.1) is 17.7 Å². The van der Waals surface area contributed by atoms with E-state index in [9.17, 15) is 9.59 Å². The number of aromatic amines is 1. The Kier molecular flexibility index (Phi) is 2.79. The zero-order chi connectivity index (χ0) is 15.3. The molecular formula is C16H15N3O3. The van der Waals surface area contributed by atoms with Crippen molar-refractivity contribution >= 4 is 17.0 Å². The number of nitrogens with zero attached hydrogens (tertiary/aromatic N) is 2. The molecule has 3 heterocycles. The highest BCUT2D eigenvalue weighted by molar-refractivity contribution is 5.70. The van der Waals surface area contributed by atoms with Gasteiger partial charge in [-0.15, -0.1) is 0 Å². The molecule has 0 aromatic carbocycles. The van der Waals surface area contributed by atoms with E-state index in [1.807, 2.05) is 12.1 Å². The van der Waals surface area contributed by atoms with Gasteiger partial charge in [0.15, 0.2) is 0 Å². The molecule has 1 saturated heterocycles. The number of fused-ring (bicyclic) bond motifs is 1. The molecule has 112 valence electrons. The summed E-state index contributed by atoms with van der Waals surface area (Å²) in [6.45, 7) is 3.73. The predicted molar refractivity (Wildman–Crippen MR) is 82.4 cm³/mol. The maximum Gasteiger partial charge on any atom is 0.270 e. The largest absolute Gasteiger partial charge is 0.430 e. The second-order valence-electron chi connectivity index (χ2n) is 5.67. The third kappa shape index (κ3) is 1.91. The molecule has 22 heavy (non-hydrogen) atoms. The summed E-state index contributed by atoms with van der Waals surface area (Å²) in [6, 6.07) is 5.17. The fourth-order valence-corrected chi connectivity index (χ4v) is 2.95. The fraction of sp³-hybridized carbons (Fsp3) is 0.312. The molecule has 6 nitrogen and oxygen atoms in total. The van der Waals surface area contributed by atoms with Crippen molar-refractivity contribution in [1.29, 1.82) is 0 Å². The Morgan fingerprint density at radius 2 is 2.00 bits per heavy atom. The van der Waals surface area contributed by atoms with Crippen LogP contribution in [-0.2, 0) is 0 Å². The molecule has 0 amide bonds. The molecule has 4 rings (SSSR count). The number of nitrogens with one attached hydrogen (secondary N) is 1. The summed E-state index contributed by atoms with van der Waals surface area (Å²) < 4.78 is 5.66. The van der Waals surface area contributed by atoms with Gasteiger partial charge in [-0.05, 0) is 43.5 Å². The first-order valence-electron chi connectivity index (χ1n) is 7.36. The van der Waals surface area contributed by atoms with Crippen LogP contribution >= 0.6 is 0 Å². The van der Waals surface area contributed by atoms with E-state index in [1.54, 1.807) is 6.92 Å². The van der Waals surface area contributed by atoms with Crippen molar-refractivity contribution in [2.24, 2.45) is 0 Å². The first kappa shape index (κ1) is 13.1. The second-order valence-corrected chi connectivity index (χ2v) is 5.67. The van der Waals surface area contributed by atoms with Gasteiger partial charge in [0.1, 0.15) is 11.3 Å². The zero-order valence-corrected chi connectivity index (χ0v) is 12.2. The average Bonchev–Trinajstić information content (AvgIpc) is 3.05. The monoisotopic (exact) mass is 297 g/mol. The van der Waals surface area contributed by atoms with Gasteiger partial charge in [0, 0.05) is 13.1 Å². The lowest BCUT2D eigenvalue weighted by Crippen LogP contribution is -2.25. The number of pyridine rings is 1. The average molecular weight is 297 g/mol. The van der Waals surface area contributed by atoms with Crippen LogP contribution in [-0.4, -0.2) is 23.1 Å². The van der Waals surface area contributed by atoms with Crippen LogP contribution in [0.1, 0.15) is 18.4 Å². The number of rotatable bonds is 1. The van der Waals surface area contributed by atoms with Crippen molar-refractivity contribution in [2.45, 2.75) is 19.8 Å². The molecule has 1 aromatic rings. The van der Waals surface area contributed by atoms with Gasteiger partial charge in [-0.2, -0.15) is 4.98 Å². The van der Waals surface area contributed by atoms with Crippen molar-refractivity contribution in [2.75, 3.05) is 18.0 Å². The van der Waals surface area contributed by atoms with E-state index in [2.05, 4.69) is 14.9 Å². The summed E-state index contributed by atoms with van der Waals surface area (Å²) in [7, 11) is 0. The molecule has 1 aromatic heterocycles. The zero-order valence-electron chi connectivity index (χ0n) is 12.2. The molecule has 2 aliphatic heterocycles. The molecule has 1 N–H and O–H groups in total. The lowest BCUT2D eigenvalue weighted by atomic mass is 10.2. The van der Waals surface area contributed by atoms with E-state index in [-0.39, 0.29) is 5.42 Å². The molecule has 0 bridgehead atoms. The standard InChI is InChI=1S/C16H15N3O3/c1-9-8-11(20)14(21)15-13(9)17-10-4-5-12(18-16(10)22-15)19-6-2-3-7-19/h4-5,8,17H,2-3,6-7H2,1H3. The van der Waals surface area contributed by atoms with E-state index in [0.717, 1.165) is 31.7 Å². The Morgan fingerprint density at radius 1 is 1.23 bits per heavy atom. The summed E-state index contributed by atoms with van der Waals surface area (Å²) in [5.74, 6) is 0.837. The highest BCUT2D eigenvalue weighted by Crippen LogP contribution is 2.20. The highest BCUT2D eigenvalue weighted by atomic mass is 16.3. The third-order valence-electron chi connectivity index (χ3n) is 4.13. The van der Waals surface area contributed by atoms with Crippen LogP contribution in [0.2, 0.25) is 0 Å². The highest BCUT2D eigenvalue weighted by Gasteiger charge is 2.15. The quantitative estimate of drug-likeness (QED) is 0.689. The van der Waals surface area contributed by atoms with Gasteiger partial charge in [0.25, 0.3) is 5.43 Å². The Bertz CT molecular complexity index is 1040. The minimum absolute atomic E-state index is 0.0450. The van der Waals surface area contributed by atoms with Crippen molar-refractivity contribution in [3.8, 4) is 0 Å². The first-order valence-corrected chi connectivity index (χ1v) is 7.36. The number of hydrogen-bond donors (Lipinski definition) is 1. The third-order valence-corrected chi connectivity index (χ3v) is 4.13. The molecule has 0 saturated carbocycles. The molecule has 6 heteroatoms. The lowest BCUT2D eigenvalue weighted by Gasteiger charge is -2.16. The van der Waals surface area contributed by atoms with Crippen LogP contribution in [0.15, 0.2) is 32.2 Å². The molecule has 0 spiro atoms. The Balaban J connectivity index is 2.04. The van der Waals surface area contributed by atoms with Crippen LogP contribution in [0.5, 0.6) is 0 Å². The normalized spacial score (nSPS) is 15.0. The maximum atomic E-state index is 12.0. The maximum absolute atomic E-state index is 12.0. The van der Waals surface area contributed by atoms with E-state index in [1.165, 1.54) is 6.07 Å². The fourth-order valence-electron chi connectivity index (χ4n) is 2.95. The minimum Gasteiger partial charge on any atom is -0.430 e. The smallest absolute Gasteiger partial charge is 0.270 e. The van der Waals surface area contributed by atoms with Crippen LogP contribution < -0.4 is 15.8 Å². The van der Waals surface area contributed by atoms with Crippen molar-refractivity contribution < 1.29 is 4.42 Å². The minimum atomic E-state index is -0.632. The van der Waals surface area contributed by atoms with Gasteiger partial charge in [0.05, 0.1) is 5.35 Å². The summed E-state index contributed by atoms with van der Waals surface area (Å²) in [5.41, 5.74) is 0.595. The number of aryl methyl sites for hydroxylation is 1. The molecular weight excluding hydrogens is 282 g/mol. The predicted octanol–water partition coefficient (Wildman–Crippen LogP) is 1.51. The van der Waals surface area contributed by atoms with Gasteiger partial charge in [-0.1, -0.05) is 0 Å². The molecule has 3 aliphatic rings. The van der Waals surface area contributed by atoms with E-state index < -0.39 is 10.9 Å². The van der Waals surface area contributed by atoms with E-state index >= 15 is 0 Å². The Morgan fingerprint density at radius 3 is 2.77 bits per heavy atom. The Hall–Kier alpha value is -2.63. The molecule has 0 atom stereocenters. The second kappa shape index (κ2) is 4.69. The van der Waals surface area contributed by atoms with Gasteiger partial charge >= 0.3 is 0 Å². The van der Waals surface area contributed by atoms with Crippen molar-refractivity contribution in [3.05, 3.63) is 55.0 Å². The van der Waals surface area contributed by atoms with Crippen LogP contribution in [0.25, 0.3) is 11.2 Å². The van der Waals surface area contributed by atoms with Crippen LogP contribution in [0.3, 0.4) is 0 Å². The van der Waals surface area contributed by atoms with Gasteiger partial charge in [0.2, 0.25) is 16.6 Å². The number of hydrogen-bond acceptors (Lipinski definition) is 5. The Labute approximate surface area is 125 Å². The van der Waals surface area contributed by atoms with Crippen molar-refractivity contribution in [3.63, 3.8) is 0 Å². The summed E-state index contributed by atoms with van der Waals surface area (Å²) in [5, 5.41) is 0.549. The summed E-state index contributed by atoms with van der Waals surface area (Å²) >= 11 is 0. The molecule has 0 radical (unpaired) electrons. The van der Waals surface area contributed by atoms with Gasteiger partial charge < -0.3 is 14.3 Å². The summed E-state index contributed by atoms with van der Waals surface area (Å²) in [6.07, 6.45) is 2.31. The van der Waals surface area contributed by atoms with Gasteiger partial charge in [-0.25, -0.2) is 0 Å².